The molecular weight excluding hydrogens is 342 g/mol. The average molecular weight is 360 g/mol. The number of halogens is 1. The van der Waals surface area contributed by atoms with Crippen molar-refractivity contribution in [3.05, 3.63) is 69.1 Å². The summed E-state index contributed by atoms with van der Waals surface area (Å²) < 4.78 is 7.10. The molecule has 0 saturated heterocycles. The maximum Gasteiger partial charge on any atom is 0.303 e. The minimum absolute atomic E-state index is 0.143. The first-order valence-electron chi connectivity index (χ1n) is 7.96. The first-order chi connectivity index (χ1) is 11.8. The number of esters is 1. The number of aromatic nitrogens is 1. The molecule has 1 aromatic carbocycles. The number of fused-ring (bicyclic) bond motifs is 1. The van der Waals surface area contributed by atoms with E-state index in [0.29, 0.717) is 16.1 Å². The standard InChI is InChI=1S/C19H18ClNO4/c1-11-17(24)14-8-7-13(20)10-15(14)18(19(11,3)25-12(2)22)21-9-5-4-6-16(21)23/h4-11,18H,1-3H3. The van der Waals surface area contributed by atoms with Crippen molar-refractivity contribution >= 4 is 23.4 Å². The smallest absolute Gasteiger partial charge is 0.303 e. The number of nitrogens with zero attached hydrogens (tertiary/aromatic N) is 1. The summed E-state index contributed by atoms with van der Waals surface area (Å²) in [6.07, 6.45) is 1.63. The van der Waals surface area contributed by atoms with Crippen LogP contribution in [0, 0.1) is 5.92 Å². The minimum atomic E-state index is -1.22. The van der Waals surface area contributed by atoms with E-state index < -0.39 is 23.5 Å². The van der Waals surface area contributed by atoms with E-state index in [2.05, 4.69) is 0 Å². The van der Waals surface area contributed by atoms with Gasteiger partial charge in [0.25, 0.3) is 5.56 Å². The fourth-order valence-electron chi connectivity index (χ4n) is 3.56. The second-order valence-electron chi connectivity index (χ2n) is 6.44. The predicted octanol–water partition coefficient (Wildman–Crippen LogP) is 3.25. The molecule has 0 fully saturated rings. The fourth-order valence-corrected chi connectivity index (χ4v) is 3.74. The Hall–Kier alpha value is -2.40. The number of rotatable bonds is 2. The van der Waals surface area contributed by atoms with Crippen LogP contribution in [-0.2, 0) is 9.53 Å². The summed E-state index contributed by atoms with van der Waals surface area (Å²) in [6.45, 7) is 4.69. The van der Waals surface area contributed by atoms with Crippen LogP contribution in [0.5, 0.6) is 0 Å². The van der Waals surface area contributed by atoms with Gasteiger partial charge >= 0.3 is 5.97 Å². The Morgan fingerprint density at radius 2 is 1.96 bits per heavy atom. The highest BCUT2D eigenvalue weighted by molar-refractivity contribution is 6.30. The van der Waals surface area contributed by atoms with Gasteiger partial charge in [0.05, 0.1) is 5.92 Å². The maximum absolute atomic E-state index is 12.9. The molecule has 0 amide bonds. The van der Waals surface area contributed by atoms with Crippen LogP contribution in [0.25, 0.3) is 0 Å². The highest BCUT2D eigenvalue weighted by Gasteiger charge is 2.52. The quantitative estimate of drug-likeness (QED) is 0.772. The van der Waals surface area contributed by atoms with Gasteiger partial charge in [0, 0.05) is 29.8 Å². The van der Waals surface area contributed by atoms with E-state index in [9.17, 15) is 14.4 Å². The Bertz CT molecular complexity index is 920. The Kier molecular flexibility index (Phi) is 4.29. The van der Waals surface area contributed by atoms with Crippen molar-refractivity contribution in [2.75, 3.05) is 0 Å². The van der Waals surface area contributed by atoms with Gasteiger partial charge in [-0.3, -0.25) is 14.4 Å². The second kappa shape index (κ2) is 6.15. The Morgan fingerprint density at radius 1 is 1.24 bits per heavy atom. The van der Waals surface area contributed by atoms with Crippen molar-refractivity contribution in [1.29, 1.82) is 0 Å². The molecule has 3 unspecified atom stereocenters. The zero-order chi connectivity index (χ0) is 18.4. The topological polar surface area (TPSA) is 65.4 Å². The minimum Gasteiger partial charge on any atom is -0.456 e. The number of pyridine rings is 1. The highest BCUT2D eigenvalue weighted by atomic mass is 35.5. The van der Waals surface area contributed by atoms with Crippen LogP contribution < -0.4 is 5.56 Å². The molecule has 1 aromatic heterocycles. The SMILES string of the molecule is CC(=O)OC1(C)C(C)C(=O)c2ccc(Cl)cc2C1n1ccccc1=O. The van der Waals surface area contributed by atoms with Crippen LogP contribution in [-0.4, -0.2) is 21.9 Å². The largest absolute Gasteiger partial charge is 0.456 e. The second-order valence-corrected chi connectivity index (χ2v) is 6.88. The summed E-state index contributed by atoms with van der Waals surface area (Å²) in [5.74, 6) is -1.28. The molecule has 25 heavy (non-hydrogen) atoms. The molecular formula is C19H18ClNO4. The number of benzene rings is 1. The van der Waals surface area contributed by atoms with Gasteiger partial charge in [-0.1, -0.05) is 24.6 Å². The third kappa shape index (κ3) is 2.78. The molecule has 3 rings (SSSR count). The van der Waals surface area contributed by atoms with Crippen LogP contribution in [0.3, 0.4) is 0 Å². The summed E-state index contributed by atoms with van der Waals surface area (Å²) in [5.41, 5.74) is -0.403. The highest BCUT2D eigenvalue weighted by Crippen LogP contribution is 2.45. The molecule has 1 aliphatic rings. The van der Waals surface area contributed by atoms with Crippen LogP contribution in [0.1, 0.15) is 42.7 Å². The van der Waals surface area contributed by atoms with Crippen LogP contribution in [0.2, 0.25) is 5.02 Å². The monoisotopic (exact) mass is 359 g/mol. The molecule has 3 atom stereocenters. The molecule has 6 heteroatoms. The van der Waals surface area contributed by atoms with Crippen molar-refractivity contribution < 1.29 is 14.3 Å². The lowest BCUT2D eigenvalue weighted by Crippen LogP contribution is -2.54. The zero-order valence-electron chi connectivity index (χ0n) is 14.2. The first-order valence-corrected chi connectivity index (χ1v) is 8.34. The van der Waals surface area contributed by atoms with E-state index in [4.69, 9.17) is 16.3 Å². The number of hydrogen-bond acceptors (Lipinski definition) is 4. The van der Waals surface area contributed by atoms with Gasteiger partial charge in [-0.2, -0.15) is 0 Å². The molecule has 130 valence electrons. The third-order valence-electron chi connectivity index (χ3n) is 4.86. The van der Waals surface area contributed by atoms with Gasteiger partial charge < -0.3 is 9.30 Å². The summed E-state index contributed by atoms with van der Waals surface area (Å²) in [5, 5.41) is 0.445. The normalized spacial score (nSPS) is 25.4. The molecule has 0 radical (unpaired) electrons. The number of carbonyl (C=O) groups excluding carboxylic acids is 2. The number of ketones is 1. The van der Waals surface area contributed by atoms with E-state index in [1.54, 1.807) is 50.4 Å². The number of hydrogen-bond donors (Lipinski definition) is 0. The third-order valence-corrected chi connectivity index (χ3v) is 5.10. The Labute approximate surface area is 150 Å². The molecule has 0 aliphatic heterocycles. The summed E-state index contributed by atoms with van der Waals surface area (Å²) in [6, 6.07) is 9.09. The van der Waals surface area contributed by atoms with Gasteiger partial charge in [0.2, 0.25) is 0 Å². The molecule has 0 bridgehead atoms. The van der Waals surface area contributed by atoms with Crippen molar-refractivity contribution in [3.63, 3.8) is 0 Å². The van der Waals surface area contributed by atoms with Crippen molar-refractivity contribution in [1.82, 2.24) is 4.57 Å². The van der Waals surface area contributed by atoms with Gasteiger partial charge in [0.15, 0.2) is 5.78 Å². The maximum atomic E-state index is 12.9. The molecule has 0 N–H and O–H groups in total. The molecule has 1 heterocycles. The van der Waals surface area contributed by atoms with Gasteiger partial charge in [0.1, 0.15) is 11.6 Å². The van der Waals surface area contributed by atoms with Gasteiger partial charge in [-0.15, -0.1) is 0 Å². The Morgan fingerprint density at radius 3 is 2.60 bits per heavy atom. The van der Waals surface area contributed by atoms with Crippen molar-refractivity contribution in [2.24, 2.45) is 5.92 Å². The van der Waals surface area contributed by atoms with Crippen molar-refractivity contribution in [3.8, 4) is 0 Å². The molecule has 0 saturated carbocycles. The molecule has 2 aromatic rings. The van der Waals surface area contributed by atoms with Crippen LogP contribution >= 0.6 is 11.6 Å². The lowest BCUT2D eigenvalue weighted by atomic mass is 9.69. The van der Waals surface area contributed by atoms with E-state index >= 15 is 0 Å². The summed E-state index contributed by atoms with van der Waals surface area (Å²) >= 11 is 6.15. The summed E-state index contributed by atoms with van der Waals surface area (Å²) in [4.78, 5) is 37.1. The van der Waals surface area contributed by atoms with E-state index in [1.165, 1.54) is 17.6 Å². The molecule has 1 aliphatic carbocycles. The number of ether oxygens (including phenoxy) is 1. The van der Waals surface area contributed by atoms with Gasteiger partial charge in [-0.05, 0) is 36.8 Å². The van der Waals surface area contributed by atoms with E-state index in [0.717, 1.165) is 0 Å². The lowest BCUT2D eigenvalue weighted by Gasteiger charge is -2.45. The van der Waals surface area contributed by atoms with E-state index in [-0.39, 0.29) is 11.3 Å². The average Bonchev–Trinajstić information content (AvgIpc) is 2.54. The van der Waals surface area contributed by atoms with Gasteiger partial charge in [-0.25, -0.2) is 0 Å². The fraction of sp³-hybridized carbons (Fsp3) is 0.316. The number of Topliss-reactive ketones (excluding diaryl/α,β-unsaturated/α-hetero) is 1. The summed E-state index contributed by atoms with van der Waals surface area (Å²) in [7, 11) is 0. The first kappa shape index (κ1) is 17.4. The Balaban J connectivity index is 2.35. The zero-order valence-corrected chi connectivity index (χ0v) is 14.9. The van der Waals surface area contributed by atoms with Crippen LogP contribution in [0.4, 0.5) is 0 Å². The predicted molar refractivity (Wildman–Crippen MR) is 94.0 cm³/mol. The van der Waals surface area contributed by atoms with Crippen LogP contribution in [0.15, 0.2) is 47.4 Å². The molecule has 5 nitrogen and oxygen atoms in total. The van der Waals surface area contributed by atoms with E-state index in [1.807, 2.05) is 0 Å². The lowest BCUT2D eigenvalue weighted by molar-refractivity contribution is -0.163. The number of carbonyl (C=O) groups is 2. The van der Waals surface area contributed by atoms with Crippen molar-refractivity contribution in [2.45, 2.75) is 32.4 Å². The molecule has 0 spiro atoms.